The molecule has 0 bridgehead atoms. The summed E-state index contributed by atoms with van der Waals surface area (Å²) in [5.41, 5.74) is 0.381. The first-order valence-electron chi connectivity index (χ1n) is 10.4. The number of nitrogens with one attached hydrogen (secondary N) is 1. The number of benzene rings is 1. The molecule has 1 aromatic carbocycles. The van der Waals surface area contributed by atoms with Crippen molar-refractivity contribution in [1.82, 2.24) is 23.8 Å². The van der Waals surface area contributed by atoms with Gasteiger partial charge in [-0.1, -0.05) is 6.92 Å². The first-order valence-corrected chi connectivity index (χ1v) is 12.6. The zero-order valence-electron chi connectivity index (χ0n) is 18.5. The first kappa shape index (κ1) is 25.3. The summed E-state index contributed by atoms with van der Waals surface area (Å²) in [6.07, 6.45) is -2.32. The molecule has 0 saturated carbocycles. The zero-order valence-corrected chi connectivity index (χ0v) is 20.9. The van der Waals surface area contributed by atoms with Crippen LogP contribution in [0, 0.1) is 10.1 Å². The van der Waals surface area contributed by atoms with Gasteiger partial charge in [0.2, 0.25) is 10.0 Å². The standard InChI is InChI=1S/C19H22BrN7O7S/c1-3-25(35(32,33)10-4-5-11(20)12(6-10)27(30)31)7-13-15(28)16(29)19(34-13)26-9-24-14-17(21-2)22-8-23-18(14)26/h4-6,8-9,13,15-16,19,28-29H,3,7H2,1-2H3,(H,21,22,23)/t13-,15-,16-,19-/m1/s1. The molecule has 3 N–H and O–H groups in total. The summed E-state index contributed by atoms with van der Waals surface area (Å²) in [7, 11) is -2.51. The van der Waals surface area contributed by atoms with Crippen molar-refractivity contribution in [2.24, 2.45) is 0 Å². The first-order chi connectivity index (χ1) is 16.6. The van der Waals surface area contributed by atoms with E-state index in [1.165, 1.54) is 29.4 Å². The number of aliphatic hydroxyl groups excluding tert-OH is 2. The molecule has 0 amide bonds. The van der Waals surface area contributed by atoms with Crippen molar-refractivity contribution in [3.05, 3.63) is 45.4 Å². The Bertz CT molecular complexity index is 1370. The van der Waals surface area contributed by atoms with Crippen molar-refractivity contribution in [1.29, 1.82) is 0 Å². The van der Waals surface area contributed by atoms with Crippen LogP contribution in [0.1, 0.15) is 13.2 Å². The predicted octanol–water partition coefficient (Wildman–Crippen LogP) is 0.869. The van der Waals surface area contributed by atoms with E-state index in [4.69, 9.17) is 4.74 Å². The number of fused-ring (bicyclic) bond motifs is 1. The van der Waals surface area contributed by atoms with Crippen LogP contribution in [0.4, 0.5) is 11.5 Å². The van der Waals surface area contributed by atoms with Gasteiger partial charge in [-0.2, -0.15) is 4.31 Å². The van der Waals surface area contributed by atoms with Gasteiger partial charge in [-0.15, -0.1) is 0 Å². The van der Waals surface area contributed by atoms with Gasteiger partial charge in [-0.3, -0.25) is 14.7 Å². The molecule has 188 valence electrons. The summed E-state index contributed by atoms with van der Waals surface area (Å²) < 4.78 is 34.9. The van der Waals surface area contributed by atoms with Crippen molar-refractivity contribution < 1.29 is 28.3 Å². The Morgan fingerprint density at radius 2 is 2.03 bits per heavy atom. The normalized spacial score (nSPS) is 22.7. The number of hydrogen-bond acceptors (Lipinski definition) is 11. The molecule has 0 radical (unpaired) electrons. The van der Waals surface area contributed by atoms with E-state index in [1.807, 2.05) is 0 Å². The molecule has 3 aromatic rings. The molecule has 2 aromatic heterocycles. The number of imidazole rings is 1. The lowest BCUT2D eigenvalue weighted by Gasteiger charge is -2.25. The predicted molar refractivity (Wildman–Crippen MR) is 126 cm³/mol. The minimum atomic E-state index is -4.18. The van der Waals surface area contributed by atoms with Gasteiger partial charge in [0.15, 0.2) is 17.7 Å². The maximum absolute atomic E-state index is 13.2. The minimum Gasteiger partial charge on any atom is -0.387 e. The second-order valence-electron chi connectivity index (χ2n) is 7.67. The summed E-state index contributed by atoms with van der Waals surface area (Å²) in [6.45, 7) is 1.27. The number of aromatic nitrogens is 4. The Kier molecular flexibility index (Phi) is 7.03. The average Bonchev–Trinajstić information content (AvgIpc) is 3.38. The number of likely N-dealkylation sites (N-methyl/N-ethyl adjacent to an activating group) is 1. The van der Waals surface area contributed by atoms with Crippen LogP contribution in [-0.4, -0.2) is 85.8 Å². The smallest absolute Gasteiger partial charge is 0.284 e. The van der Waals surface area contributed by atoms with Crippen molar-refractivity contribution in [2.45, 2.75) is 36.4 Å². The van der Waals surface area contributed by atoms with E-state index in [-0.39, 0.29) is 22.5 Å². The molecule has 35 heavy (non-hydrogen) atoms. The molecule has 1 aliphatic heterocycles. The van der Waals surface area contributed by atoms with E-state index in [0.29, 0.717) is 17.0 Å². The third-order valence-corrected chi connectivity index (χ3v) is 8.30. The Morgan fingerprint density at radius 3 is 2.69 bits per heavy atom. The lowest BCUT2D eigenvalue weighted by atomic mass is 10.1. The van der Waals surface area contributed by atoms with E-state index in [9.17, 15) is 28.7 Å². The van der Waals surface area contributed by atoms with Crippen LogP contribution in [0.3, 0.4) is 0 Å². The minimum absolute atomic E-state index is 0.00764. The SMILES string of the molecule is CCN(C[C@H]1O[C@@H](n2cnc3c(NC)ncnc32)[C@H](O)[C@@H]1O)S(=O)(=O)c1ccc(Br)c([N+](=O)[O-])c1. The molecule has 0 unspecified atom stereocenters. The number of anilines is 1. The second-order valence-corrected chi connectivity index (χ2v) is 10.5. The van der Waals surface area contributed by atoms with Crippen LogP contribution in [0.15, 0.2) is 40.2 Å². The number of ether oxygens (including phenoxy) is 1. The Hall–Kier alpha value is -2.76. The van der Waals surface area contributed by atoms with E-state index in [2.05, 4.69) is 36.2 Å². The van der Waals surface area contributed by atoms with Crippen molar-refractivity contribution in [3.8, 4) is 0 Å². The monoisotopic (exact) mass is 571 g/mol. The summed E-state index contributed by atoms with van der Waals surface area (Å²) in [4.78, 5) is 22.8. The molecule has 1 aliphatic rings. The molecule has 0 spiro atoms. The van der Waals surface area contributed by atoms with Gasteiger partial charge >= 0.3 is 0 Å². The van der Waals surface area contributed by atoms with Crippen molar-refractivity contribution in [3.63, 3.8) is 0 Å². The highest BCUT2D eigenvalue weighted by atomic mass is 79.9. The van der Waals surface area contributed by atoms with Crippen LogP contribution in [0.25, 0.3) is 11.2 Å². The topological polar surface area (TPSA) is 186 Å². The summed E-state index contributed by atoms with van der Waals surface area (Å²) in [5.74, 6) is 0.463. The molecular weight excluding hydrogens is 550 g/mol. The molecule has 3 heterocycles. The zero-order chi connectivity index (χ0) is 25.5. The number of sulfonamides is 1. The summed E-state index contributed by atoms with van der Waals surface area (Å²) >= 11 is 3.04. The molecule has 1 fully saturated rings. The number of hydrogen-bond donors (Lipinski definition) is 3. The lowest BCUT2D eigenvalue weighted by Crippen LogP contribution is -2.42. The molecule has 4 atom stereocenters. The van der Waals surface area contributed by atoms with Gasteiger partial charge in [0, 0.05) is 26.2 Å². The average molecular weight is 572 g/mol. The summed E-state index contributed by atoms with van der Waals surface area (Å²) in [5, 5.41) is 35.5. The van der Waals surface area contributed by atoms with Gasteiger partial charge in [0.05, 0.1) is 20.6 Å². The van der Waals surface area contributed by atoms with E-state index < -0.39 is 45.2 Å². The number of halogens is 1. The Labute approximate surface area is 207 Å². The highest BCUT2D eigenvalue weighted by Crippen LogP contribution is 2.34. The molecule has 4 rings (SSSR count). The Balaban J connectivity index is 1.60. The Morgan fingerprint density at radius 1 is 1.29 bits per heavy atom. The van der Waals surface area contributed by atoms with Crippen LogP contribution in [0.5, 0.6) is 0 Å². The molecule has 16 heteroatoms. The largest absolute Gasteiger partial charge is 0.387 e. The fourth-order valence-corrected chi connectivity index (χ4v) is 5.74. The number of rotatable bonds is 8. The fraction of sp³-hybridized carbons (Fsp3) is 0.421. The molecular formula is C19H22BrN7O7S. The lowest BCUT2D eigenvalue weighted by molar-refractivity contribution is -0.385. The molecule has 1 saturated heterocycles. The van der Waals surface area contributed by atoms with Crippen molar-refractivity contribution >= 4 is 48.6 Å². The van der Waals surface area contributed by atoms with Crippen LogP contribution in [0.2, 0.25) is 0 Å². The molecule has 14 nitrogen and oxygen atoms in total. The van der Waals surface area contributed by atoms with Crippen LogP contribution >= 0.6 is 15.9 Å². The van der Waals surface area contributed by atoms with Gasteiger partial charge in [-0.05, 0) is 28.1 Å². The van der Waals surface area contributed by atoms with Gasteiger partial charge in [0.25, 0.3) is 5.69 Å². The van der Waals surface area contributed by atoms with E-state index in [0.717, 1.165) is 10.4 Å². The highest BCUT2D eigenvalue weighted by Gasteiger charge is 2.46. The third kappa shape index (κ3) is 4.48. The fourth-order valence-electron chi connectivity index (χ4n) is 3.87. The quantitative estimate of drug-likeness (QED) is 0.257. The van der Waals surface area contributed by atoms with E-state index in [1.54, 1.807) is 14.0 Å². The second kappa shape index (κ2) is 9.71. The van der Waals surface area contributed by atoms with Gasteiger partial charge in [0.1, 0.15) is 30.2 Å². The maximum Gasteiger partial charge on any atom is 0.284 e. The number of nitro groups is 1. The van der Waals surface area contributed by atoms with Crippen molar-refractivity contribution in [2.75, 3.05) is 25.5 Å². The van der Waals surface area contributed by atoms with Gasteiger partial charge in [-0.25, -0.2) is 23.4 Å². The highest BCUT2D eigenvalue weighted by molar-refractivity contribution is 9.10. The van der Waals surface area contributed by atoms with Crippen LogP contribution < -0.4 is 5.32 Å². The number of aliphatic hydroxyl groups is 2. The third-order valence-electron chi connectivity index (χ3n) is 5.70. The van der Waals surface area contributed by atoms with Crippen LogP contribution in [-0.2, 0) is 14.8 Å². The van der Waals surface area contributed by atoms with E-state index >= 15 is 0 Å². The number of nitro benzene ring substituents is 1. The maximum atomic E-state index is 13.2. The molecule has 0 aliphatic carbocycles. The number of nitrogens with zero attached hydrogens (tertiary/aromatic N) is 6. The van der Waals surface area contributed by atoms with Gasteiger partial charge < -0.3 is 20.3 Å². The summed E-state index contributed by atoms with van der Waals surface area (Å²) in [6, 6.07) is 3.49.